The van der Waals surface area contributed by atoms with E-state index in [0.29, 0.717) is 12.1 Å². The van der Waals surface area contributed by atoms with Crippen LogP contribution in [0, 0.1) is 23.7 Å². The number of hydrogen-bond acceptors (Lipinski definition) is 6. The zero-order valence-electron chi connectivity index (χ0n) is 17.1. The van der Waals surface area contributed by atoms with E-state index in [1.165, 1.54) is 48.5 Å². The molecule has 4 rings (SSSR count). The molecule has 2 aromatic rings. The average Bonchev–Trinajstić information content (AvgIpc) is 3.35. The van der Waals surface area contributed by atoms with Gasteiger partial charge in [-0.25, -0.2) is 22.0 Å². The largest absolute Gasteiger partial charge is 0.481 e. The van der Waals surface area contributed by atoms with Gasteiger partial charge < -0.3 is 10.4 Å². The van der Waals surface area contributed by atoms with Crippen LogP contribution in [0.4, 0.5) is 11.4 Å². The number of nitrogens with one attached hydrogen (secondary N) is 2. The molecule has 0 saturated heterocycles. The lowest BCUT2D eigenvalue weighted by Gasteiger charge is -2.23. The Morgan fingerprint density at radius 2 is 1.33 bits per heavy atom. The summed E-state index contributed by atoms with van der Waals surface area (Å²) in [4.78, 5) is 24.1. The van der Waals surface area contributed by atoms with Crippen LogP contribution in [-0.4, -0.2) is 33.8 Å². The van der Waals surface area contributed by atoms with Crippen molar-refractivity contribution < 1.29 is 31.5 Å². The fourth-order valence-corrected chi connectivity index (χ4v) is 5.96. The Morgan fingerprint density at radius 3 is 1.88 bits per heavy atom. The molecular formula is C21H21N3O7S2. The average molecular weight is 492 g/mol. The van der Waals surface area contributed by atoms with E-state index in [9.17, 15) is 31.5 Å². The first-order chi connectivity index (χ1) is 15.5. The number of allylic oxidation sites excluding steroid dienone is 2. The van der Waals surface area contributed by atoms with E-state index in [4.69, 9.17) is 5.14 Å². The van der Waals surface area contributed by atoms with Gasteiger partial charge >= 0.3 is 5.97 Å². The third-order valence-corrected chi connectivity index (χ3v) is 8.24. The van der Waals surface area contributed by atoms with Crippen molar-refractivity contribution in [3.8, 4) is 0 Å². The standard InChI is InChI=1S/C21H21N3O7S2/c22-32(28,29)16-7-5-15(6-8-16)24-33(30,31)17-9-3-14(4-10-17)23-20(25)18-12-1-2-13(11-12)19(18)21(26)27/h1-10,12-13,18-19,24H,11H2,(H,23,25)(H,26,27)(H2,22,28,29)/t12?,13?,18-,19+/m1/s1. The molecule has 2 aliphatic carbocycles. The van der Waals surface area contributed by atoms with E-state index in [2.05, 4.69) is 10.0 Å². The van der Waals surface area contributed by atoms with Crippen LogP contribution in [-0.2, 0) is 29.6 Å². The molecule has 1 saturated carbocycles. The third kappa shape index (κ3) is 4.63. The summed E-state index contributed by atoms with van der Waals surface area (Å²) in [6, 6.07) is 10.3. The van der Waals surface area contributed by atoms with E-state index >= 15 is 0 Å². The van der Waals surface area contributed by atoms with Crippen molar-refractivity contribution in [2.24, 2.45) is 28.8 Å². The smallest absolute Gasteiger partial charge is 0.307 e. The number of carbonyl (C=O) groups is 2. The van der Waals surface area contributed by atoms with Crippen LogP contribution in [0.15, 0.2) is 70.5 Å². The van der Waals surface area contributed by atoms with Crippen LogP contribution < -0.4 is 15.2 Å². The molecule has 2 aromatic carbocycles. The lowest BCUT2D eigenvalue weighted by Crippen LogP contribution is -2.36. The van der Waals surface area contributed by atoms with Gasteiger partial charge in [0.1, 0.15) is 0 Å². The summed E-state index contributed by atoms with van der Waals surface area (Å²) < 4.78 is 50.2. The Bertz CT molecular complexity index is 1340. The second-order valence-electron chi connectivity index (χ2n) is 8.03. The minimum Gasteiger partial charge on any atom is -0.481 e. The summed E-state index contributed by atoms with van der Waals surface area (Å²) in [7, 11) is -7.88. The number of nitrogens with two attached hydrogens (primary N) is 1. The molecule has 4 atom stereocenters. The SMILES string of the molecule is NS(=O)(=O)c1ccc(NS(=O)(=O)c2ccc(NC(=O)[C@@H]3C4C=CC(C4)[C@@H]3C(=O)O)cc2)cc1. The van der Waals surface area contributed by atoms with Crippen LogP contribution in [0.3, 0.4) is 0 Å². The highest BCUT2D eigenvalue weighted by Gasteiger charge is 2.51. The van der Waals surface area contributed by atoms with Crippen molar-refractivity contribution >= 4 is 43.3 Å². The van der Waals surface area contributed by atoms with Crippen LogP contribution in [0.2, 0.25) is 0 Å². The second-order valence-corrected chi connectivity index (χ2v) is 11.3. The van der Waals surface area contributed by atoms with Gasteiger partial charge in [0.2, 0.25) is 15.9 Å². The summed E-state index contributed by atoms with van der Waals surface area (Å²) in [6.45, 7) is 0. The topological polar surface area (TPSA) is 173 Å². The number of fused-ring (bicyclic) bond motifs is 2. The molecule has 0 radical (unpaired) electrons. The molecule has 33 heavy (non-hydrogen) atoms. The first kappa shape index (κ1) is 23.0. The van der Waals surface area contributed by atoms with Gasteiger partial charge in [-0.15, -0.1) is 0 Å². The van der Waals surface area contributed by atoms with Crippen LogP contribution in [0.5, 0.6) is 0 Å². The molecule has 5 N–H and O–H groups in total. The number of sulfonamides is 2. The molecular weight excluding hydrogens is 470 g/mol. The molecule has 0 spiro atoms. The van der Waals surface area contributed by atoms with Crippen LogP contribution in [0.1, 0.15) is 6.42 Å². The highest BCUT2D eigenvalue weighted by atomic mass is 32.2. The fourth-order valence-electron chi connectivity index (χ4n) is 4.39. The predicted molar refractivity (Wildman–Crippen MR) is 119 cm³/mol. The Balaban J connectivity index is 1.45. The molecule has 2 unspecified atom stereocenters. The van der Waals surface area contributed by atoms with Gasteiger partial charge in [0.05, 0.1) is 21.6 Å². The molecule has 0 aliphatic heterocycles. The van der Waals surface area contributed by atoms with Gasteiger partial charge in [0.25, 0.3) is 10.0 Å². The molecule has 2 aliphatic rings. The molecule has 1 fully saturated rings. The third-order valence-electron chi connectivity index (χ3n) is 5.91. The van der Waals surface area contributed by atoms with Crippen LogP contribution >= 0.6 is 0 Å². The van der Waals surface area contributed by atoms with Gasteiger partial charge in [-0.3, -0.25) is 14.3 Å². The van der Waals surface area contributed by atoms with Crippen molar-refractivity contribution in [1.82, 2.24) is 0 Å². The first-order valence-electron chi connectivity index (χ1n) is 9.93. The zero-order chi connectivity index (χ0) is 24.0. The highest BCUT2D eigenvalue weighted by molar-refractivity contribution is 7.92. The second kappa shape index (κ2) is 8.28. The van der Waals surface area contributed by atoms with Crippen molar-refractivity contribution in [2.75, 3.05) is 10.0 Å². The lowest BCUT2D eigenvalue weighted by molar-refractivity contribution is -0.146. The number of carboxylic acid groups (broad SMARTS) is 1. The first-order valence-corrected chi connectivity index (χ1v) is 13.0. The van der Waals surface area contributed by atoms with Crippen molar-refractivity contribution in [3.05, 3.63) is 60.7 Å². The molecule has 12 heteroatoms. The quantitative estimate of drug-likeness (QED) is 0.426. The number of amides is 1. The van der Waals surface area contributed by atoms with Gasteiger partial charge in [-0.1, -0.05) is 12.2 Å². The van der Waals surface area contributed by atoms with Gasteiger partial charge in [0.15, 0.2) is 0 Å². The molecule has 174 valence electrons. The number of hydrogen-bond donors (Lipinski definition) is 4. The summed E-state index contributed by atoms with van der Waals surface area (Å²) in [5, 5.41) is 17.2. The Labute approximate surface area is 190 Å². The highest BCUT2D eigenvalue weighted by Crippen LogP contribution is 2.48. The Kier molecular flexibility index (Phi) is 5.76. The summed E-state index contributed by atoms with van der Waals surface area (Å²) in [6.07, 6.45) is 4.36. The van der Waals surface area contributed by atoms with E-state index in [1.807, 2.05) is 12.2 Å². The fraction of sp³-hybridized carbons (Fsp3) is 0.238. The number of carboxylic acids is 1. The Morgan fingerprint density at radius 1 is 0.818 bits per heavy atom. The monoisotopic (exact) mass is 491 g/mol. The summed E-state index contributed by atoms with van der Waals surface area (Å²) >= 11 is 0. The number of anilines is 2. The summed E-state index contributed by atoms with van der Waals surface area (Å²) in [5.41, 5.74) is 0.483. The molecule has 2 bridgehead atoms. The molecule has 0 heterocycles. The minimum atomic E-state index is -3.98. The maximum Gasteiger partial charge on any atom is 0.307 e. The van der Waals surface area contributed by atoms with E-state index in [1.54, 1.807) is 0 Å². The number of benzene rings is 2. The molecule has 10 nitrogen and oxygen atoms in total. The normalized spacial score (nSPS) is 23.9. The Hall–Kier alpha value is -3.22. The van der Waals surface area contributed by atoms with Gasteiger partial charge in [-0.2, -0.15) is 0 Å². The van der Waals surface area contributed by atoms with Crippen LogP contribution in [0.25, 0.3) is 0 Å². The lowest BCUT2D eigenvalue weighted by atomic mass is 9.82. The number of carbonyl (C=O) groups excluding carboxylic acids is 1. The van der Waals surface area contributed by atoms with Gasteiger partial charge in [0, 0.05) is 11.4 Å². The number of primary sulfonamides is 1. The number of aliphatic carboxylic acids is 1. The van der Waals surface area contributed by atoms with Crippen molar-refractivity contribution in [2.45, 2.75) is 16.2 Å². The zero-order valence-corrected chi connectivity index (χ0v) is 18.7. The van der Waals surface area contributed by atoms with Gasteiger partial charge in [-0.05, 0) is 66.8 Å². The van der Waals surface area contributed by atoms with Crippen molar-refractivity contribution in [1.29, 1.82) is 0 Å². The van der Waals surface area contributed by atoms with Crippen molar-refractivity contribution in [3.63, 3.8) is 0 Å². The van der Waals surface area contributed by atoms with E-state index in [-0.39, 0.29) is 27.3 Å². The molecule has 1 amide bonds. The van der Waals surface area contributed by atoms with E-state index < -0.39 is 43.8 Å². The maximum absolute atomic E-state index is 12.7. The predicted octanol–water partition coefficient (Wildman–Crippen LogP) is 1.60. The molecule has 0 aromatic heterocycles. The maximum atomic E-state index is 12.7. The summed E-state index contributed by atoms with van der Waals surface area (Å²) in [5.74, 6) is -3.15. The van der Waals surface area contributed by atoms with E-state index in [0.717, 1.165) is 0 Å². The number of rotatable bonds is 7. The minimum absolute atomic E-state index is 0.0812.